The van der Waals surface area contributed by atoms with Crippen molar-refractivity contribution in [3.63, 3.8) is 0 Å². The minimum atomic E-state index is -0.193. The third-order valence-electron chi connectivity index (χ3n) is 4.52. The molecule has 1 aromatic carbocycles. The van der Waals surface area contributed by atoms with Crippen LogP contribution in [0.3, 0.4) is 0 Å². The molecule has 1 aromatic rings. The summed E-state index contributed by atoms with van der Waals surface area (Å²) in [6, 6.07) is 7.97. The number of hydrogen-bond acceptors (Lipinski definition) is 4. The number of ether oxygens (including phenoxy) is 1. The monoisotopic (exact) mass is 303 g/mol. The molecule has 0 spiro atoms. The lowest BCUT2D eigenvalue weighted by Crippen LogP contribution is -2.50. The number of benzene rings is 1. The zero-order chi connectivity index (χ0) is 15.5. The number of amides is 1. The van der Waals surface area contributed by atoms with Crippen LogP contribution in [0, 0.1) is 0 Å². The van der Waals surface area contributed by atoms with Crippen molar-refractivity contribution >= 4 is 11.6 Å². The molecule has 2 heterocycles. The maximum atomic E-state index is 12.7. The number of carbonyl (C=O) groups is 1. The first kappa shape index (κ1) is 15.5. The Balaban J connectivity index is 1.54. The molecular formula is C17H25N3O2. The van der Waals surface area contributed by atoms with Crippen LogP contribution in [0.5, 0.6) is 0 Å². The predicted molar refractivity (Wildman–Crippen MR) is 87.2 cm³/mol. The molecule has 2 atom stereocenters. The Labute approximate surface area is 132 Å². The molecule has 3 rings (SSSR count). The SMILES string of the molecule is C[C@H](NC[C@@H]1CN(C)CCO1)C(=O)N1CCc2ccccc21. The van der Waals surface area contributed by atoms with E-state index in [2.05, 4.69) is 23.3 Å². The molecular weight excluding hydrogens is 278 g/mol. The first-order valence-corrected chi connectivity index (χ1v) is 8.08. The van der Waals surface area contributed by atoms with Crippen LogP contribution in [-0.4, -0.2) is 62.8 Å². The fourth-order valence-corrected chi connectivity index (χ4v) is 3.19. The summed E-state index contributed by atoms with van der Waals surface area (Å²) in [6.07, 6.45) is 1.12. The van der Waals surface area contributed by atoms with Gasteiger partial charge in [0.05, 0.1) is 18.8 Å². The highest BCUT2D eigenvalue weighted by Crippen LogP contribution is 2.27. The van der Waals surface area contributed by atoms with Gasteiger partial charge in [-0.15, -0.1) is 0 Å². The summed E-state index contributed by atoms with van der Waals surface area (Å²) in [7, 11) is 2.10. The van der Waals surface area contributed by atoms with E-state index >= 15 is 0 Å². The Hall–Kier alpha value is -1.43. The van der Waals surface area contributed by atoms with Gasteiger partial charge in [-0.3, -0.25) is 4.79 Å². The Kier molecular flexibility index (Phi) is 4.76. The van der Waals surface area contributed by atoms with E-state index in [1.165, 1.54) is 5.56 Å². The van der Waals surface area contributed by atoms with Crippen LogP contribution < -0.4 is 10.2 Å². The molecule has 1 amide bonds. The summed E-state index contributed by atoms with van der Waals surface area (Å²) in [4.78, 5) is 16.8. The van der Waals surface area contributed by atoms with Crippen LogP contribution in [0.2, 0.25) is 0 Å². The number of para-hydroxylation sites is 1. The molecule has 0 aromatic heterocycles. The lowest BCUT2D eigenvalue weighted by atomic mass is 10.2. The summed E-state index contributed by atoms with van der Waals surface area (Å²) < 4.78 is 5.73. The fraction of sp³-hybridized carbons (Fsp3) is 0.588. The van der Waals surface area contributed by atoms with Crippen molar-refractivity contribution in [2.45, 2.75) is 25.5 Å². The molecule has 0 aliphatic carbocycles. The molecule has 5 nitrogen and oxygen atoms in total. The Morgan fingerprint density at radius 2 is 2.23 bits per heavy atom. The maximum Gasteiger partial charge on any atom is 0.243 e. The summed E-state index contributed by atoms with van der Waals surface area (Å²) in [5, 5.41) is 3.34. The molecule has 0 saturated carbocycles. The van der Waals surface area contributed by atoms with Gasteiger partial charge in [-0.05, 0) is 32.0 Å². The van der Waals surface area contributed by atoms with E-state index in [0.717, 1.165) is 38.3 Å². The molecule has 1 fully saturated rings. The normalized spacial score (nSPS) is 23.4. The summed E-state index contributed by atoms with van der Waals surface area (Å²) >= 11 is 0. The van der Waals surface area contributed by atoms with Crippen LogP contribution in [0.15, 0.2) is 24.3 Å². The molecule has 1 N–H and O–H groups in total. The highest BCUT2D eigenvalue weighted by Gasteiger charge is 2.28. The van der Waals surface area contributed by atoms with Crippen LogP contribution in [-0.2, 0) is 16.0 Å². The first-order chi connectivity index (χ1) is 10.6. The van der Waals surface area contributed by atoms with Gasteiger partial charge < -0.3 is 19.9 Å². The predicted octanol–water partition coefficient (Wildman–Crippen LogP) is 0.884. The average Bonchev–Trinajstić information content (AvgIpc) is 2.96. The van der Waals surface area contributed by atoms with Crippen LogP contribution in [0.4, 0.5) is 5.69 Å². The number of nitrogens with one attached hydrogen (secondary N) is 1. The molecule has 0 unspecified atom stereocenters. The van der Waals surface area contributed by atoms with E-state index < -0.39 is 0 Å². The topological polar surface area (TPSA) is 44.8 Å². The van der Waals surface area contributed by atoms with E-state index in [9.17, 15) is 4.79 Å². The number of nitrogens with zero attached hydrogens (tertiary/aromatic N) is 2. The largest absolute Gasteiger partial charge is 0.374 e. The van der Waals surface area contributed by atoms with Crippen molar-refractivity contribution in [3.05, 3.63) is 29.8 Å². The molecule has 5 heteroatoms. The van der Waals surface area contributed by atoms with Gasteiger partial charge in [-0.1, -0.05) is 18.2 Å². The molecule has 0 radical (unpaired) electrons. The number of likely N-dealkylation sites (N-methyl/N-ethyl adjacent to an activating group) is 1. The lowest BCUT2D eigenvalue weighted by molar-refractivity contribution is -0.120. The standard InChI is InChI=1S/C17H25N3O2/c1-13(18-11-15-12-19(2)9-10-22-15)17(21)20-8-7-14-5-3-4-6-16(14)20/h3-6,13,15,18H,7-12H2,1-2H3/t13-,15+/m0/s1. The van der Waals surface area contributed by atoms with Gasteiger partial charge in [0, 0.05) is 31.9 Å². The highest BCUT2D eigenvalue weighted by atomic mass is 16.5. The highest BCUT2D eigenvalue weighted by molar-refractivity contribution is 5.98. The van der Waals surface area contributed by atoms with Gasteiger partial charge in [-0.25, -0.2) is 0 Å². The lowest BCUT2D eigenvalue weighted by Gasteiger charge is -2.31. The second-order valence-corrected chi connectivity index (χ2v) is 6.25. The third kappa shape index (κ3) is 3.32. The number of anilines is 1. The average molecular weight is 303 g/mol. The van der Waals surface area contributed by atoms with Crippen molar-refractivity contribution in [2.75, 3.05) is 44.7 Å². The number of fused-ring (bicyclic) bond motifs is 1. The second kappa shape index (κ2) is 6.77. The van der Waals surface area contributed by atoms with Crippen molar-refractivity contribution < 1.29 is 9.53 Å². The number of hydrogen-bond donors (Lipinski definition) is 1. The van der Waals surface area contributed by atoms with Crippen molar-refractivity contribution in [2.24, 2.45) is 0 Å². The van der Waals surface area contributed by atoms with E-state index in [0.29, 0.717) is 6.54 Å². The third-order valence-corrected chi connectivity index (χ3v) is 4.52. The second-order valence-electron chi connectivity index (χ2n) is 6.25. The molecule has 2 aliphatic heterocycles. The Morgan fingerprint density at radius 1 is 1.41 bits per heavy atom. The van der Waals surface area contributed by atoms with Gasteiger partial charge in [-0.2, -0.15) is 0 Å². The zero-order valence-corrected chi connectivity index (χ0v) is 13.4. The number of rotatable bonds is 4. The molecule has 2 aliphatic rings. The molecule has 0 bridgehead atoms. The molecule has 1 saturated heterocycles. The van der Waals surface area contributed by atoms with Crippen LogP contribution >= 0.6 is 0 Å². The Morgan fingerprint density at radius 3 is 3.05 bits per heavy atom. The van der Waals surface area contributed by atoms with E-state index in [1.54, 1.807) is 0 Å². The zero-order valence-electron chi connectivity index (χ0n) is 13.4. The van der Waals surface area contributed by atoms with Crippen LogP contribution in [0.25, 0.3) is 0 Å². The van der Waals surface area contributed by atoms with Gasteiger partial charge in [0.25, 0.3) is 0 Å². The van der Waals surface area contributed by atoms with Gasteiger partial charge >= 0.3 is 0 Å². The van der Waals surface area contributed by atoms with E-state index in [1.807, 2.05) is 30.0 Å². The maximum absolute atomic E-state index is 12.7. The van der Waals surface area contributed by atoms with E-state index in [-0.39, 0.29) is 18.1 Å². The van der Waals surface area contributed by atoms with Gasteiger partial charge in [0.1, 0.15) is 0 Å². The van der Waals surface area contributed by atoms with Crippen molar-refractivity contribution in [1.29, 1.82) is 0 Å². The summed E-state index contributed by atoms with van der Waals surface area (Å²) in [5.41, 5.74) is 2.33. The van der Waals surface area contributed by atoms with Gasteiger partial charge in [0.2, 0.25) is 5.91 Å². The Bertz CT molecular complexity index is 534. The van der Waals surface area contributed by atoms with E-state index in [4.69, 9.17) is 4.74 Å². The summed E-state index contributed by atoms with van der Waals surface area (Å²) in [6.45, 7) is 6.11. The summed E-state index contributed by atoms with van der Waals surface area (Å²) in [5.74, 6) is 0.147. The smallest absolute Gasteiger partial charge is 0.243 e. The van der Waals surface area contributed by atoms with Gasteiger partial charge in [0.15, 0.2) is 0 Å². The van der Waals surface area contributed by atoms with Crippen molar-refractivity contribution in [1.82, 2.24) is 10.2 Å². The minimum absolute atomic E-state index is 0.147. The number of carbonyl (C=O) groups excluding carboxylic acids is 1. The fourth-order valence-electron chi connectivity index (χ4n) is 3.19. The minimum Gasteiger partial charge on any atom is -0.374 e. The van der Waals surface area contributed by atoms with Crippen molar-refractivity contribution in [3.8, 4) is 0 Å². The van der Waals surface area contributed by atoms with Crippen LogP contribution in [0.1, 0.15) is 12.5 Å². The molecule has 120 valence electrons. The first-order valence-electron chi connectivity index (χ1n) is 8.08. The quantitative estimate of drug-likeness (QED) is 0.897. The number of morpholine rings is 1. The molecule has 22 heavy (non-hydrogen) atoms.